The molecule has 0 atom stereocenters. The van der Waals surface area contributed by atoms with Gasteiger partial charge in [0.2, 0.25) is 5.89 Å². The monoisotopic (exact) mass is 723 g/mol. The van der Waals surface area contributed by atoms with Crippen LogP contribution < -0.4 is 4.90 Å². The first-order valence-electron chi connectivity index (χ1n) is 18.4. The number of fused-ring (bicyclic) bond motifs is 10. The van der Waals surface area contributed by atoms with Crippen LogP contribution >= 0.6 is 11.3 Å². The molecule has 12 aromatic rings. The van der Waals surface area contributed by atoms with Gasteiger partial charge in [-0.3, -0.25) is 0 Å². The van der Waals surface area contributed by atoms with Gasteiger partial charge in [0.05, 0.1) is 11.0 Å². The van der Waals surface area contributed by atoms with Crippen molar-refractivity contribution in [3.63, 3.8) is 0 Å². The van der Waals surface area contributed by atoms with Crippen molar-refractivity contribution in [1.82, 2.24) is 9.55 Å². The summed E-state index contributed by atoms with van der Waals surface area (Å²) in [5, 5.41) is 6.93. The number of thiophene rings is 1. The van der Waals surface area contributed by atoms with Crippen molar-refractivity contribution in [2.24, 2.45) is 0 Å². The molecule has 0 fully saturated rings. The van der Waals surface area contributed by atoms with Gasteiger partial charge in [0.25, 0.3) is 0 Å². The van der Waals surface area contributed by atoms with E-state index >= 15 is 0 Å². The summed E-state index contributed by atoms with van der Waals surface area (Å²) in [5.41, 5.74) is 10.7. The van der Waals surface area contributed by atoms with Crippen LogP contribution in [0.2, 0.25) is 0 Å². The molecule has 0 saturated heterocycles. The number of furan rings is 1. The summed E-state index contributed by atoms with van der Waals surface area (Å²) >= 11 is 1.84. The molecule has 0 unspecified atom stereocenters. The van der Waals surface area contributed by atoms with E-state index in [0.717, 1.165) is 66.9 Å². The second kappa shape index (κ2) is 11.7. The minimum atomic E-state index is 0.597. The molecule has 0 saturated carbocycles. The molecule has 6 heteroatoms. The highest BCUT2D eigenvalue weighted by molar-refractivity contribution is 7.25. The lowest BCUT2D eigenvalue weighted by Gasteiger charge is -2.26. The summed E-state index contributed by atoms with van der Waals surface area (Å²) in [6.45, 7) is 0. The Kier molecular flexibility index (Phi) is 6.44. The smallest absolute Gasteiger partial charge is 0.227 e. The van der Waals surface area contributed by atoms with Crippen LogP contribution in [-0.2, 0) is 0 Å². The largest absolute Gasteiger partial charge is 0.456 e. The first kappa shape index (κ1) is 30.3. The number of nitrogens with zero attached hydrogens (tertiary/aromatic N) is 3. The molecule has 0 spiro atoms. The van der Waals surface area contributed by atoms with Gasteiger partial charge in [-0.15, -0.1) is 11.3 Å². The van der Waals surface area contributed by atoms with E-state index in [-0.39, 0.29) is 0 Å². The van der Waals surface area contributed by atoms with Crippen LogP contribution in [0.5, 0.6) is 0 Å². The topological polar surface area (TPSA) is 47.3 Å². The molecule has 0 aliphatic rings. The standard InChI is InChI=1S/C49H29N3O2S/c1-3-11-30(12-4-1)49-50-41-29-45-39(28-46(41)54-49)38-26-33(20-23-44(38)53-45)51(34-21-24-48-40(27-34)36-16-8-10-18-47(36)55-48)32-19-22-43-37(25-32)35-15-7-9-17-42(35)52(43)31-13-5-2-6-14-31/h1-29H. The summed E-state index contributed by atoms with van der Waals surface area (Å²) < 4.78 is 17.7. The molecule has 258 valence electrons. The number of oxazole rings is 1. The van der Waals surface area contributed by atoms with E-state index < -0.39 is 0 Å². The van der Waals surface area contributed by atoms with Crippen LogP contribution in [0.4, 0.5) is 17.1 Å². The van der Waals surface area contributed by atoms with Crippen LogP contribution in [0.3, 0.4) is 0 Å². The molecule has 4 aromatic heterocycles. The maximum Gasteiger partial charge on any atom is 0.227 e. The van der Waals surface area contributed by atoms with Gasteiger partial charge in [0.15, 0.2) is 5.58 Å². The van der Waals surface area contributed by atoms with Crippen molar-refractivity contribution in [1.29, 1.82) is 0 Å². The van der Waals surface area contributed by atoms with Crippen LogP contribution in [-0.4, -0.2) is 9.55 Å². The molecule has 0 radical (unpaired) electrons. The zero-order valence-electron chi connectivity index (χ0n) is 29.3. The van der Waals surface area contributed by atoms with E-state index in [0.29, 0.717) is 5.89 Å². The Morgan fingerprint density at radius 3 is 1.93 bits per heavy atom. The molecule has 0 aliphatic carbocycles. The van der Waals surface area contributed by atoms with Crippen molar-refractivity contribution in [3.8, 4) is 17.1 Å². The highest BCUT2D eigenvalue weighted by atomic mass is 32.1. The number of hydrogen-bond acceptors (Lipinski definition) is 5. The van der Waals surface area contributed by atoms with Crippen LogP contribution in [0.25, 0.3) is 92.2 Å². The Morgan fingerprint density at radius 2 is 1.07 bits per heavy atom. The number of rotatable bonds is 5. The summed E-state index contributed by atoms with van der Waals surface area (Å²) in [6, 6.07) is 62.2. The van der Waals surface area contributed by atoms with Gasteiger partial charge in [-0.1, -0.05) is 72.8 Å². The van der Waals surface area contributed by atoms with E-state index in [1.807, 2.05) is 47.7 Å². The van der Waals surface area contributed by atoms with Crippen LogP contribution in [0.1, 0.15) is 0 Å². The average Bonchev–Trinajstić information content (AvgIpc) is 4.01. The Morgan fingerprint density at radius 1 is 0.436 bits per heavy atom. The lowest BCUT2D eigenvalue weighted by atomic mass is 10.1. The molecule has 55 heavy (non-hydrogen) atoms. The summed E-state index contributed by atoms with van der Waals surface area (Å²) in [5.74, 6) is 0.597. The quantitative estimate of drug-likeness (QED) is 0.177. The third kappa shape index (κ3) is 4.68. The van der Waals surface area contributed by atoms with Crippen molar-refractivity contribution in [2.75, 3.05) is 4.90 Å². The first-order valence-corrected chi connectivity index (χ1v) is 19.2. The fourth-order valence-electron chi connectivity index (χ4n) is 8.28. The number of para-hydroxylation sites is 2. The minimum absolute atomic E-state index is 0.597. The van der Waals surface area contributed by atoms with Crippen molar-refractivity contribution >= 4 is 103 Å². The fraction of sp³-hybridized carbons (Fsp3) is 0. The van der Waals surface area contributed by atoms with Crippen molar-refractivity contribution in [2.45, 2.75) is 0 Å². The molecule has 8 aromatic carbocycles. The molecule has 0 aliphatic heterocycles. The third-order valence-corrected chi connectivity index (χ3v) is 11.9. The predicted molar refractivity (Wildman–Crippen MR) is 229 cm³/mol. The molecule has 0 bridgehead atoms. The maximum atomic E-state index is 6.47. The molecular weight excluding hydrogens is 695 g/mol. The summed E-state index contributed by atoms with van der Waals surface area (Å²) in [4.78, 5) is 7.18. The van der Waals surface area contributed by atoms with E-state index in [2.05, 4.69) is 149 Å². The number of benzene rings is 8. The maximum absolute atomic E-state index is 6.47. The molecule has 4 heterocycles. The predicted octanol–water partition coefficient (Wildman–Crippen LogP) is 14.3. The van der Waals surface area contributed by atoms with Gasteiger partial charge >= 0.3 is 0 Å². The zero-order valence-corrected chi connectivity index (χ0v) is 30.1. The van der Waals surface area contributed by atoms with Gasteiger partial charge in [-0.25, -0.2) is 4.98 Å². The zero-order chi connectivity index (χ0) is 36.0. The van der Waals surface area contributed by atoms with E-state index in [4.69, 9.17) is 13.8 Å². The molecule has 0 N–H and O–H groups in total. The lowest BCUT2D eigenvalue weighted by Crippen LogP contribution is -2.09. The highest BCUT2D eigenvalue weighted by Gasteiger charge is 2.21. The van der Waals surface area contributed by atoms with E-state index in [1.165, 1.54) is 36.5 Å². The average molecular weight is 724 g/mol. The lowest BCUT2D eigenvalue weighted by molar-refractivity contribution is 0.620. The second-order valence-electron chi connectivity index (χ2n) is 14.0. The van der Waals surface area contributed by atoms with Gasteiger partial charge in [0.1, 0.15) is 16.7 Å². The summed E-state index contributed by atoms with van der Waals surface area (Å²) in [6.07, 6.45) is 0. The van der Waals surface area contributed by atoms with Crippen LogP contribution in [0, 0.1) is 0 Å². The normalized spacial score (nSPS) is 12.0. The number of aromatic nitrogens is 2. The summed E-state index contributed by atoms with van der Waals surface area (Å²) in [7, 11) is 0. The van der Waals surface area contributed by atoms with Gasteiger partial charge in [-0.2, -0.15) is 0 Å². The van der Waals surface area contributed by atoms with Crippen molar-refractivity contribution in [3.05, 3.63) is 176 Å². The van der Waals surface area contributed by atoms with Crippen molar-refractivity contribution < 1.29 is 8.83 Å². The Balaban J connectivity index is 1.08. The van der Waals surface area contributed by atoms with Crippen LogP contribution in [0.15, 0.2) is 185 Å². The first-order chi connectivity index (χ1) is 27.2. The van der Waals surface area contributed by atoms with Gasteiger partial charge < -0.3 is 18.3 Å². The Hall–Kier alpha value is -7.15. The molecule has 5 nitrogen and oxygen atoms in total. The number of hydrogen-bond donors (Lipinski definition) is 0. The minimum Gasteiger partial charge on any atom is -0.456 e. The molecular formula is C49H29N3O2S. The van der Waals surface area contributed by atoms with E-state index in [1.54, 1.807) is 0 Å². The molecule has 12 rings (SSSR count). The van der Waals surface area contributed by atoms with E-state index in [9.17, 15) is 0 Å². The molecule has 0 amide bonds. The van der Waals surface area contributed by atoms with Gasteiger partial charge in [-0.05, 0) is 97.1 Å². The Labute approximate surface area is 318 Å². The second-order valence-corrected chi connectivity index (χ2v) is 15.1. The fourth-order valence-corrected chi connectivity index (χ4v) is 9.37. The third-order valence-electron chi connectivity index (χ3n) is 10.8. The SMILES string of the molecule is c1ccc(-c2nc3cc4oc5ccc(N(c6ccc7sc8ccccc8c7c6)c6ccc7c(c6)c6ccccc6n7-c6ccccc6)cc5c4cc3o2)cc1. The number of anilines is 3. The Bertz CT molecular complexity index is 3450. The van der Waals surface area contributed by atoms with Gasteiger partial charge in [0, 0.05) is 76.1 Å². The highest BCUT2D eigenvalue weighted by Crippen LogP contribution is 2.44.